The number of amides is 2. The first-order chi connectivity index (χ1) is 16.4. The van der Waals surface area contributed by atoms with Gasteiger partial charge in [-0.1, -0.05) is 18.2 Å². The van der Waals surface area contributed by atoms with Crippen molar-refractivity contribution in [3.63, 3.8) is 0 Å². The minimum Gasteiger partial charge on any atom is -0.340 e. The summed E-state index contributed by atoms with van der Waals surface area (Å²) >= 11 is 1.59. The molecular weight excluding hydrogens is 454 g/mol. The van der Waals surface area contributed by atoms with Crippen LogP contribution in [0.1, 0.15) is 27.9 Å². The Bertz CT molecular complexity index is 1060. The van der Waals surface area contributed by atoms with Crippen LogP contribution in [0.3, 0.4) is 0 Å². The Morgan fingerprint density at radius 2 is 1.88 bits per heavy atom. The number of nitrogens with one attached hydrogen (secondary N) is 1. The summed E-state index contributed by atoms with van der Waals surface area (Å²) in [6, 6.07) is 14.4. The van der Waals surface area contributed by atoms with Gasteiger partial charge in [0.25, 0.3) is 11.6 Å². The van der Waals surface area contributed by atoms with Gasteiger partial charge >= 0.3 is 0 Å². The number of thioether (sulfide) groups is 1. The van der Waals surface area contributed by atoms with Gasteiger partial charge in [0.15, 0.2) is 0 Å². The molecule has 0 aromatic heterocycles. The van der Waals surface area contributed by atoms with Crippen LogP contribution in [-0.2, 0) is 11.3 Å². The van der Waals surface area contributed by atoms with Crippen LogP contribution in [0.25, 0.3) is 0 Å². The van der Waals surface area contributed by atoms with Gasteiger partial charge in [0, 0.05) is 50.4 Å². The van der Waals surface area contributed by atoms with E-state index in [0.29, 0.717) is 43.9 Å². The number of benzene rings is 2. The van der Waals surface area contributed by atoms with Crippen molar-refractivity contribution < 1.29 is 14.5 Å². The lowest BCUT2D eigenvalue weighted by atomic mass is 10.1. The molecule has 1 unspecified atom stereocenters. The lowest BCUT2D eigenvalue weighted by molar-refractivity contribution is -0.384. The van der Waals surface area contributed by atoms with Gasteiger partial charge in [-0.05, 0) is 42.2 Å². The van der Waals surface area contributed by atoms with E-state index < -0.39 is 16.9 Å². The Kier molecular flexibility index (Phi) is 9.01. The quantitative estimate of drug-likeness (QED) is 0.432. The number of carbonyl (C=O) groups is 2. The van der Waals surface area contributed by atoms with Crippen LogP contribution >= 0.6 is 11.8 Å². The molecule has 1 aliphatic heterocycles. The summed E-state index contributed by atoms with van der Waals surface area (Å²) in [4.78, 5) is 40.5. The van der Waals surface area contributed by atoms with Crippen molar-refractivity contribution in [3.05, 3.63) is 75.3 Å². The topological polar surface area (TPSA) is 120 Å². The zero-order valence-electron chi connectivity index (χ0n) is 19.0. The van der Waals surface area contributed by atoms with Gasteiger partial charge in [-0.3, -0.25) is 24.6 Å². The first-order valence-electron chi connectivity index (χ1n) is 11.0. The van der Waals surface area contributed by atoms with Gasteiger partial charge in [-0.2, -0.15) is 17.0 Å². The van der Waals surface area contributed by atoms with E-state index in [1.165, 1.54) is 24.3 Å². The van der Waals surface area contributed by atoms with Crippen LogP contribution in [0.2, 0.25) is 0 Å². The van der Waals surface area contributed by atoms with Crippen molar-refractivity contribution in [2.45, 2.75) is 19.0 Å². The van der Waals surface area contributed by atoms with Crippen LogP contribution < -0.4 is 5.32 Å². The normalized spacial score (nSPS) is 14.8. The molecule has 1 aliphatic rings. The number of nitriles is 1. The highest BCUT2D eigenvalue weighted by Crippen LogP contribution is 2.15. The fraction of sp³-hybridized carbons (Fsp3) is 0.375. The van der Waals surface area contributed by atoms with E-state index in [4.69, 9.17) is 5.26 Å². The molecule has 178 valence electrons. The highest BCUT2D eigenvalue weighted by molar-refractivity contribution is 7.98. The molecular formula is C24H27N5O4S. The number of nitro groups is 1. The number of nitrogens with zero attached hydrogens (tertiary/aromatic N) is 4. The number of carbonyl (C=O) groups excluding carboxylic acids is 2. The van der Waals surface area contributed by atoms with Crippen LogP contribution in [0.4, 0.5) is 5.69 Å². The summed E-state index contributed by atoms with van der Waals surface area (Å²) in [5, 5.41) is 22.7. The van der Waals surface area contributed by atoms with Crippen molar-refractivity contribution >= 4 is 29.3 Å². The maximum Gasteiger partial charge on any atom is 0.270 e. The molecule has 0 radical (unpaired) electrons. The number of piperazine rings is 1. The molecule has 0 bridgehead atoms. The number of rotatable bonds is 9. The van der Waals surface area contributed by atoms with Gasteiger partial charge in [0.2, 0.25) is 5.91 Å². The first-order valence-corrected chi connectivity index (χ1v) is 12.3. The molecule has 3 rings (SSSR count). The van der Waals surface area contributed by atoms with E-state index in [9.17, 15) is 19.7 Å². The lowest BCUT2D eigenvalue weighted by Gasteiger charge is -2.36. The molecule has 9 nitrogen and oxygen atoms in total. The summed E-state index contributed by atoms with van der Waals surface area (Å²) in [5.74, 6) is 0.0676. The fourth-order valence-corrected chi connectivity index (χ4v) is 4.26. The minimum absolute atomic E-state index is 0.133. The molecule has 1 heterocycles. The fourth-order valence-electron chi connectivity index (χ4n) is 3.79. The smallest absolute Gasteiger partial charge is 0.270 e. The van der Waals surface area contributed by atoms with E-state index in [1.54, 1.807) is 28.8 Å². The second-order valence-corrected chi connectivity index (χ2v) is 9.01. The Balaban J connectivity index is 1.59. The molecule has 2 aromatic carbocycles. The number of hydrogen-bond donors (Lipinski definition) is 1. The Labute approximate surface area is 202 Å². The molecule has 1 N–H and O–H groups in total. The third-order valence-electron chi connectivity index (χ3n) is 5.71. The summed E-state index contributed by atoms with van der Waals surface area (Å²) in [6.07, 6.45) is 2.41. The molecule has 0 saturated carbocycles. The van der Waals surface area contributed by atoms with E-state index in [2.05, 4.69) is 16.3 Å². The van der Waals surface area contributed by atoms with Gasteiger partial charge in [0.05, 0.1) is 16.6 Å². The lowest BCUT2D eigenvalue weighted by Crippen LogP contribution is -2.54. The summed E-state index contributed by atoms with van der Waals surface area (Å²) < 4.78 is 0. The van der Waals surface area contributed by atoms with Crippen LogP contribution in [0.5, 0.6) is 0 Å². The Morgan fingerprint density at radius 3 is 2.50 bits per heavy atom. The van der Waals surface area contributed by atoms with Crippen molar-refractivity contribution in [1.82, 2.24) is 15.1 Å². The van der Waals surface area contributed by atoms with Crippen LogP contribution in [-0.4, -0.2) is 70.8 Å². The van der Waals surface area contributed by atoms with E-state index in [-0.39, 0.29) is 17.2 Å². The average molecular weight is 482 g/mol. The van der Waals surface area contributed by atoms with E-state index in [0.717, 1.165) is 12.1 Å². The molecule has 34 heavy (non-hydrogen) atoms. The Morgan fingerprint density at radius 1 is 1.18 bits per heavy atom. The summed E-state index contributed by atoms with van der Waals surface area (Å²) in [6.45, 7) is 3.27. The van der Waals surface area contributed by atoms with Crippen molar-refractivity contribution in [2.75, 3.05) is 38.2 Å². The summed E-state index contributed by atoms with van der Waals surface area (Å²) in [7, 11) is 0. The van der Waals surface area contributed by atoms with Gasteiger partial charge in [0.1, 0.15) is 6.04 Å². The molecule has 2 aromatic rings. The molecule has 1 fully saturated rings. The van der Waals surface area contributed by atoms with Crippen LogP contribution in [0, 0.1) is 21.4 Å². The van der Waals surface area contributed by atoms with Crippen LogP contribution in [0.15, 0.2) is 48.5 Å². The van der Waals surface area contributed by atoms with E-state index in [1.807, 2.05) is 18.4 Å². The molecule has 1 saturated heterocycles. The average Bonchev–Trinajstić information content (AvgIpc) is 2.87. The zero-order valence-corrected chi connectivity index (χ0v) is 19.8. The highest BCUT2D eigenvalue weighted by atomic mass is 32.2. The molecule has 10 heteroatoms. The zero-order chi connectivity index (χ0) is 24.5. The van der Waals surface area contributed by atoms with Gasteiger partial charge in [-0.15, -0.1) is 0 Å². The number of nitro benzene ring substituents is 1. The van der Waals surface area contributed by atoms with E-state index >= 15 is 0 Å². The molecule has 0 spiro atoms. The second-order valence-electron chi connectivity index (χ2n) is 8.03. The highest BCUT2D eigenvalue weighted by Gasteiger charge is 2.29. The second kappa shape index (κ2) is 12.2. The van der Waals surface area contributed by atoms with Gasteiger partial charge in [-0.25, -0.2) is 0 Å². The number of non-ortho nitro benzene ring substituents is 1. The van der Waals surface area contributed by atoms with Gasteiger partial charge < -0.3 is 10.2 Å². The monoisotopic (exact) mass is 481 g/mol. The molecule has 2 amide bonds. The van der Waals surface area contributed by atoms with Crippen molar-refractivity contribution in [1.29, 1.82) is 5.26 Å². The van der Waals surface area contributed by atoms with Crippen molar-refractivity contribution in [3.8, 4) is 6.07 Å². The Hall–Kier alpha value is -3.42. The third kappa shape index (κ3) is 6.79. The molecule has 0 aliphatic carbocycles. The summed E-state index contributed by atoms with van der Waals surface area (Å²) in [5.41, 5.74) is 1.73. The van der Waals surface area contributed by atoms with Crippen molar-refractivity contribution in [2.24, 2.45) is 0 Å². The predicted molar refractivity (Wildman–Crippen MR) is 130 cm³/mol. The SMILES string of the molecule is CSCCC(NC(=O)c1cccc([N+](=O)[O-])c1)C(=O)N1CCN(Cc2ccc(C#N)cc2)CC1. The molecule has 1 atom stereocenters. The minimum atomic E-state index is -0.690. The number of hydrogen-bond acceptors (Lipinski definition) is 7. The largest absolute Gasteiger partial charge is 0.340 e. The maximum atomic E-state index is 13.2. The third-order valence-corrected chi connectivity index (χ3v) is 6.35. The predicted octanol–water partition coefficient (Wildman–Crippen LogP) is 2.66. The standard InChI is InChI=1S/C24H27N5O4S/c1-34-14-9-22(26-23(30)20-3-2-4-21(15-20)29(32)33)24(31)28-12-10-27(11-13-28)17-19-7-5-18(16-25)6-8-19/h2-8,15,22H,9-14,17H2,1H3,(H,26,30). The maximum absolute atomic E-state index is 13.2. The first kappa shape index (κ1) is 25.2.